The Bertz CT molecular complexity index is 287. The Kier molecular flexibility index (Phi) is 17.1. The van der Waals surface area contributed by atoms with Crippen molar-refractivity contribution in [2.24, 2.45) is 0 Å². The molecule has 0 saturated heterocycles. The van der Waals surface area contributed by atoms with Crippen molar-refractivity contribution in [3.63, 3.8) is 0 Å². The van der Waals surface area contributed by atoms with Crippen LogP contribution in [0.25, 0.3) is 0 Å². The van der Waals surface area contributed by atoms with E-state index in [0.717, 1.165) is 0 Å². The van der Waals surface area contributed by atoms with Gasteiger partial charge in [0.1, 0.15) is 32.0 Å². The summed E-state index contributed by atoms with van der Waals surface area (Å²) in [7, 11) is 0. The standard InChI is InChI=1S/C14H28O11/c1-12(21-6-7-22-13(10-23-17)11-24-18)25-14(8-19-4-2-15)9-20-5-3-16/h13-18H,1-11H2. The first kappa shape index (κ1) is 24.0. The molecule has 0 amide bonds. The summed E-state index contributed by atoms with van der Waals surface area (Å²) in [5.74, 6) is 0.0159. The lowest BCUT2D eigenvalue weighted by molar-refractivity contribution is -0.295. The molecule has 0 aromatic rings. The minimum absolute atomic E-state index is 0.0159. The molecule has 25 heavy (non-hydrogen) atoms. The molecular formula is C14H28O11. The van der Waals surface area contributed by atoms with Gasteiger partial charge in [0, 0.05) is 0 Å². The monoisotopic (exact) mass is 372 g/mol. The first-order chi connectivity index (χ1) is 12.2. The van der Waals surface area contributed by atoms with E-state index in [1.807, 2.05) is 0 Å². The summed E-state index contributed by atoms with van der Waals surface area (Å²) in [5.41, 5.74) is 0. The number of aliphatic hydroxyl groups is 2. The highest BCUT2D eigenvalue weighted by molar-refractivity contribution is 4.72. The van der Waals surface area contributed by atoms with Gasteiger partial charge in [0.25, 0.3) is 5.95 Å². The van der Waals surface area contributed by atoms with Crippen LogP contribution in [0.15, 0.2) is 12.5 Å². The Morgan fingerprint density at radius 3 is 1.80 bits per heavy atom. The third-order valence-electron chi connectivity index (χ3n) is 2.60. The van der Waals surface area contributed by atoms with Gasteiger partial charge < -0.3 is 33.9 Å². The fourth-order valence-electron chi connectivity index (χ4n) is 1.58. The van der Waals surface area contributed by atoms with E-state index in [4.69, 9.17) is 44.4 Å². The van der Waals surface area contributed by atoms with Gasteiger partial charge in [0.15, 0.2) is 0 Å². The first-order valence-corrected chi connectivity index (χ1v) is 7.67. The van der Waals surface area contributed by atoms with Crippen molar-refractivity contribution in [3.05, 3.63) is 12.5 Å². The smallest absolute Gasteiger partial charge is 0.272 e. The van der Waals surface area contributed by atoms with Crippen molar-refractivity contribution < 1.29 is 54.2 Å². The maximum absolute atomic E-state index is 8.70. The highest BCUT2D eigenvalue weighted by Crippen LogP contribution is 2.05. The van der Waals surface area contributed by atoms with Gasteiger partial charge >= 0.3 is 0 Å². The van der Waals surface area contributed by atoms with E-state index in [1.165, 1.54) is 0 Å². The summed E-state index contributed by atoms with van der Waals surface area (Å²) in [4.78, 5) is 7.84. The predicted octanol–water partition coefficient (Wildman–Crippen LogP) is -0.758. The molecule has 11 nitrogen and oxygen atoms in total. The summed E-state index contributed by atoms with van der Waals surface area (Å²) in [5, 5.41) is 34.1. The summed E-state index contributed by atoms with van der Waals surface area (Å²) < 4.78 is 26.3. The summed E-state index contributed by atoms with van der Waals surface area (Å²) >= 11 is 0. The normalized spacial score (nSPS) is 11.3. The molecule has 0 rings (SSSR count). The fourth-order valence-corrected chi connectivity index (χ4v) is 1.58. The van der Waals surface area contributed by atoms with E-state index in [2.05, 4.69) is 16.4 Å². The average Bonchev–Trinajstić information content (AvgIpc) is 2.59. The quantitative estimate of drug-likeness (QED) is 0.0982. The first-order valence-electron chi connectivity index (χ1n) is 7.67. The van der Waals surface area contributed by atoms with Gasteiger partial charge in [-0.25, -0.2) is 9.78 Å². The average molecular weight is 372 g/mol. The van der Waals surface area contributed by atoms with Crippen LogP contribution in [0, 0.1) is 0 Å². The highest BCUT2D eigenvalue weighted by Gasteiger charge is 2.14. The summed E-state index contributed by atoms with van der Waals surface area (Å²) in [6, 6.07) is 0. The lowest BCUT2D eigenvalue weighted by atomic mass is 10.4. The van der Waals surface area contributed by atoms with Crippen LogP contribution in [0.4, 0.5) is 0 Å². The van der Waals surface area contributed by atoms with E-state index in [0.29, 0.717) is 0 Å². The molecule has 0 saturated carbocycles. The van der Waals surface area contributed by atoms with Gasteiger partial charge in [-0.1, -0.05) is 0 Å². The van der Waals surface area contributed by atoms with Crippen LogP contribution in [0.1, 0.15) is 0 Å². The zero-order chi connectivity index (χ0) is 18.8. The Balaban J connectivity index is 4.01. The van der Waals surface area contributed by atoms with Gasteiger partial charge in [-0.15, -0.1) is 0 Å². The summed E-state index contributed by atoms with van der Waals surface area (Å²) in [6.07, 6.45) is -1.19. The molecule has 0 bridgehead atoms. The third-order valence-corrected chi connectivity index (χ3v) is 2.60. The molecule has 4 N–H and O–H groups in total. The molecule has 0 aliphatic heterocycles. The Labute approximate surface area is 146 Å². The van der Waals surface area contributed by atoms with E-state index < -0.39 is 12.2 Å². The maximum atomic E-state index is 8.70. The largest absolute Gasteiger partial charge is 0.463 e. The molecule has 0 fully saturated rings. The number of hydrogen-bond acceptors (Lipinski definition) is 11. The van der Waals surface area contributed by atoms with E-state index in [-0.39, 0.29) is 72.0 Å². The van der Waals surface area contributed by atoms with E-state index in [1.54, 1.807) is 0 Å². The number of aliphatic hydroxyl groups excluding tert-OH is 2. The fraction of sp³-hybridized carbons (Fsp3) is 0.857. The lowest BCUT2D eigenvalue weighted by Crippen LogP contribution is -2.28. The predicted molar refractivity (Wildman–Crippen MR) is 82.7 cm³/mol. The number of hydrogen-bond donors (Lipinski definition) is 4. The molecule has 0 aliphatic rings. The van der Waals surface area contributed by atoms with Gasteiger partial charge in [-0.2, -0.15) is 0 Å². The van der Waals surface area contributed by atoms with Crippen molar-refractivity contribution in [2.45, 2.75) is 12.2 Å². The van der Waals surface area contributed by atoms with Crippen molar-refractivity contribution >= 4 is 0 Å². The maximum Gasteiger partial charge on any atom is 0.272 e. The van der Waals surface area contributed by atoms with Gasteiger partial charge in [-0.05, 0) is 6.58 Å². The van der Waals surface area contributed by atoms with Crippen LogP contribution in [0.3, 0.4) is 0 Å². The van der Waals surface area contributed by atoms with Crippen molar-refractivity contribution in [1.29, 1.82) is 0 Å². The molecule has 0 radical (unpaired) electrons. The van der Waals surface area contributed by atoms with Crippen LogP contribution in [0.5, 0.6) is 0 Å². The number of rotatable bonds is 19. The van der Waals surface area contributed by atoms with Crippen LogP contribution in [-0.4, -0.2) is 99.0 Å². The van der Waals surface area contributed by atoms with Gasteiger partial charge in [-0.3, -0.25) is 10.5 Å². The van der Waals surface area contributed by atoms with Crippen LogP contribution in [-0.2, 0) is 33.5 Å². The third kappa shape index (κ3) is 15.0. The van der Waals surface area contributed by atoms with Gasteiger partial charge in [0.05, 0.1) is 46.2 Å². The van der Waals surface area contributed by atoms with Crippen molar-refractivity contribution in [3.8, 4) is 0 Å². The molecule has 0 unspecified atom stereocenters. The molecule has 150 valence electrons. The molecule has 0 atom stereocenters. The molecule has 0 aromatic carbocycles. The van der Waals surface area contributed by atoms with E-state index >= 15 is 0 Å². The molecule has 0 heterocycles. The van der Waals surface area contributed by atoms with Crippen LogP contribution in [0.2, 0.25) is 0 Å². The molecule has 11 heteroatoms. The van der Waals surface area contributed by atoms with E-state index in [9.17, 15) is 0 Å². The minimum Gasteiger partial charge on any atom is -0.463 e. The Hall–Kier alpha value is -1.02. The van der Waals surface area contributed by atoms with Gasteiger partial charge in [0.2, 0.25) is 0 Å². The Morgan fingerprint density at radius 1 is 0.760 bits per heavy atom. The second kappa shape index (κ2) is 17.8. The highest BCUT2D eigenvalue weighted by atomic mass is 17.1. The molecular weight excluding hydrogens is 344 g/mol. The molecule has 0 spiro atoms. The second-order valence-corrected chi connectivity index (χ2v) is 4.64. The number of ether oxygens (including phenoxy) is 5. The zero-order valence-corrected chi connectivity index (χ0v) is 14.1. The molecule has 0 aromatic heterocycles. The topological polar surface area (TPSA) is 146 Å². The SMILES string of the molecule is C=C(OCCOC(COO)COO)OC(COCCO)COCCO. The van der Waals surface area contributed by atoms with Crippen molar-refractivity contribution in [2.75, 3.05) is 66.1 Å². The lowest BCUT2D eigenvalue weighted by Gasteiger charge is -2.21. The minimum atomic E-state index is -0.667. The van der Waals surface area contributed by atoms with Crippen LogP contribution >= 0.6 is 0 Å². The zero-order valence-electron chi connectivity index (χ0n) is 14.1. The second-order valence-electron chi connectivity index (χ2n) is 4.64. The molecule has 0 aliphatic carbocycles. The van der Waals surface area contributed by atoms with Crippen molar-refractivity contribution in [1.82, 2.24) is 0 Å². The van der Waals surface area contributed by atoms with Crippen LogP contribution < -0.4 is 0 Å². The Morgan fingerprint density at radius 2 is 1.32 bits per heavy atom. The summed E-state index contributed by atoms with van der Waals surface area (Å²) in [6.45, 7) is 3.82.